The number of ketones is 1. The summed E-state index contributed by atoms with van der Waals surface area (Å²) in [6.45, 7) is 1.38. The van der Waals surface area contributed by atoms with E-state index in [9.17, 15) is 13.2 Å². The number of carbonyl (C=O) groups is 1. The molecule has 0 aromatic heterocycles. The van der Waals surface area contributed by atoms with Gasteiger partial charge in [-0.3, -0.25) is 4.79 Å². The van der Waals surface area contributed by atoms with Gasteiger partial charge in [-0.2, -0.15) is 0 Å². The normalized spacial score (nSPS) is 38.4. The molecule has 0 aliphatic carbocycles. The van der Waals surface area contributed by atoms with Crippen LogP contribution in [0.25, 0.3) is 0 Å². The molecule has 10 heavy (non-hydrogen) atoms. The van der Waals surface area contributed by atoms with E-state index in [1.807, 2.05) is 0 Å². The third-order valence-electron chi connectivity index (χ3n) is 1.72. The number of nitrogens with two attached hydrogens (primary N) is 1. The molecule has 2 N–H and O–H groups in total. The van der Waals surface area contributed by atoms with Gasteiger partial charge in [0.25, 0.3) is 0 Å². The molecule has 2 atom stereocenters. The summed E-state index contributed by atoms with van der Waals surface area (Å²) in [5.41, 5.74) is 5.22. The predicted octanol–water partition coefficient (Wildman–Crippen LogP) is -1.30. The Morgan fingerprint density at radius 2 is 2.10 bits per heavy atom. The maximum atomic E-state index is 10.9. The van der Waals surface area contributed by atoms with E-state index in [-0.39, 0.29) is 11.5 Å². The Balaban J connectivity index is 3.04. The highest BCUT2D eigenvalue weighted by Crippen LogP contribution is 2.14. The van der Waals surface area contributed by atoms with Crippen LogP contribution in [0.2, 0.25) is 0 Å². The first-order valence-corrected chi connectivity index (χ1v) is 4.67. The third-order valence-corrected chi connectivity index (χ3v) is 3.85. The van der Waals surface area contributed by atoms with Gasteiger partial charge in [0.05, 0.1) is 11.8 Å². The van der Waals surface area contributed by atoms with E-state index in [4.69, 9.17) is 5.73 Å². The SMILES string of the molecule is CC1C(=O)C(N)CS1(=O)=O. The second-order valence-corrected chi connectivity index (χ2v) is 4.85. The largest absolute Gasteiger partial charge is 0.321 e. The Morgan fingerprint density at radius 3 is 2.20 bits per heavy atom. The van der Waals surface area contributed by atoms with Gasteiger partial charge >= 0.3 is 0 Å². The van der Waals surface area contributed by atoms with Crippen molar-refractivity contribution in [1.29, 1.82) is 0 Å². The molecule has 0 radical (unpaired) electrons. The average Bonchev–Trinajstić information content (AvgIpc) is 1.95. The fourth-order valence-electron chi connectivity index (χ4n) is 0.955. The van der Waals surface area contributed by atoms with E-state index in [0.717, 1.165) is 0 Å². The maximum absolute atomic E-state index is 10.9. The van der Waals surface area contributed by atoms with Gasteiger partial charge in [-0.25, -0.2) is 8.42 Å². The van der Waals surface area contributed by atoms with Crippen molar-refractivity contribution in [3.05, 3.63) is 0 Å². The van der Waals surface area contributed by atoms with Gasteiger partial charge in [0, 0.05) is 0 Å². The van der Waals surface area contributed by atoms with Gasteiger partial charge < -0.3 is 5.73 Å². The molecule has 1 saturated heterocycles. The lowest BCUT2D eigenvalue weighted by Crippen LogP contribution is -2.30. The Kier molecular flexibility index (Phi) is 1.56. The summed E-state index contributed by atoms with van der Waals surface area (Å²) in [5.74, 6) is -0.549. The molecule has 5 heteroatoms. The lowest BCUT2D eigenvalue weighted by molar-refractivity contribution is -0.118. The summed E-state index contributed by atoms with van der Waals surface area (Å²) >= 11 is 0. The number of rotatable bonds is 0. The Bertz CT molecular complexity index is 256. The Hall–Kier alpha value is -0.420. The number of carbonyl (C=O) groups excluding carboxylic acids is 1. The summed E-state index contributed by atoms with van der Waals surface area (Å²) < 4.78 is 21.8. The monoisotopic (exact) mass is 163 g/mol. The second-order valence-electron chi connectivity index (χ2n) is 2.48. The van der Waals surface area contributed by atoms with Crippen LogP contribution in [-0.4, -0.2) is 31.2 Å². The molecule has 1 aliphatic rings. The zero-order chi connectivity index (χ0) is 7.94. The van der Waals surface area contributed by atoms with Crippen LogP contribution >= 0.6 is 0 Å². The highest BCUT2D eigenvalue weighted by molar-refractivity contribution is 7.93. The first-order chi connectivity index (χ1) is 4.45. The van der Waals surface area contributed by atoms with Crippen LogP contribution in [0.5, 0.6) is 0 Å². The highest BCUT2D eigenvalue weighted by Gasteiger charge is 2.41. The molecule has 0 amide bonds. The molecule has 0 saturated carbocycles. The highest BCUT2D eigenvalue weighted by atomic mass is 32.2. The van der Waals surface area contributed by atoms with Crippen LogP contribution in [0.4, 0.5) is 0 Å². The van der Waals surface area contributed by atoms with Crippen molar-refractivity contribution in [1.82, 2.24) is 0 Å². The molecular formula is C5H9NO3S. The standard InChI is InChI=1S/C5H9NO3S/c1-3-5(7)4(6)2-10(3,8)9/h3-4H,2,6H2,1H3. The minimum Gasteiger partial charge on any atom is -0.321 e. The maximum Gasteiger partial charge on any atom is 0.168 e. The van der Waals surface area contributed by atoms with Gasteiger partial charge in [0.1, 0.15) is 5.25 Å². The Morgan fingerprint density at radius 1 is 1.60 bits per heavy atom. The van der Waals surface area contributed by atoms with E-state index in [2.05, 4.69) is 0 Å². The van der Waals surface area contributed by atoms with Crippen molar-refractivity contribution in [3.8, 4) is 0 Å². The van der Waals surface area contributed by atoms with Crippen molar-refractivity contribution in [2.24, 2.45) is 5.73 Å². The summed E-state index contributed by atoms with van der Waals surface area (Å²) in [7, 11) is -3.20. The summed E-state index contributed by atoms with van der Waals surface area (Å²) in [4.78, 5) is 10.8. The molecule has 1 fully saturated rings. The van der Waals surface area contributed by atoms with Crippen LogP contribution in [0.1, 0.15) is 6.92 Å². The molecule has 1 heterocycles. The van der Waals surface area contributed by atoms with Crippen molar-refractivity contribution in [2.45, 2.75) is 18.2 Å². The molecule has 58 valence electrons. The van der Waals surface area contributed by atoms with Gasteiger partial charge in [-0.1, -0.05) is 0 Å². The molecule has 0 bridgehead atoms. The van der Waals surface area contributed by atoms with Crippen molar-refractivity contribution in [2.75, 3.05) is 5.75 Å². The summed E-state index contributed by atoms with van der Waals surface area (Å²) in [5, 5.41) is -0.887. The lowest BCUT2D eigenvalue weighted by atomic mass is 10.2. The molecule has 0 spiro atoms. The number of hydrogen-bond acceptors (Lipinski definition) is 4. The zero-order valence-electron chi connectivity index (χ0n) is 5.57. The summed E-state index contributed by atoms with van der Waals surface area (Å²) in [6, 6.07) is -0.792. The first kappa shape index (κ1) is 7.68. The van der Waals surface area contributed by atoms with E-state index in [0.29, 0.717) is 0 Å². The number of hydrogen-bond donors (Lipinski definition) is 1. The van der Waals surface area contributed by atoms with Crippen molar-refractivity contribution < 1.29 is 13.2 Å². The third kappa shape index (κ3) is 0.951. The number of Topliss-reactive ketones (excluding diaryl/α,β-unsaturated/α-hetero) is 1. The molecule has 1 aliphatic heterocycles. The first-order valence-electron chi connectivity index (χ1n) is 2.96. The van der Waals surface area contributed by atoms with Gasteiger partial charge in [-0.05, 0) is 6.92 Å². The van der Waals surface area contributed by atoms with Crippen LogP contribution in [0.15, 0.2) is 0 Å². The molecule has 0 aromatic rings. The van der Waals surface area contributed by atoms with E-state index >= 15 is 0 Å². The second kappa shape index (κ2) is 2.03. The van der Waals surface area contributed by atoms with Gasteiger partial charge in [0.15, 0.2) is 15.6 Å². The van der Waals surface area contributed by atoms with Crippen LogP contribution in [-0.2, 0) is 14.6 Å². The van der Waals surface area contributed by atoms with Crippen LogP contribution in [0, 0.1) is 0 Å². The smallest absolute Gasteiger partial charge is 0.168 e. The molecule has 2 unspecified atom stereocenters. The molecule has 1 rings (SSSR count). The number of sulfone groups is 1. The summed E-state index contributed by atoms with van der Waals surface area (Å²) in [6.07, 6.45) is 0. The minimum absolute atomic E-state index is 0.188. The van der Waals surface area contributed by atoms with Crippen molar-refractivity contribution >= 4 is 15.6 Å². The molecule has 4 nitrogen and oxygen atoms in total. The quantitative estimate of drug-likeness (QED) is 0.481. The Labute approximate surface area is 59.3 Å². The topological polar surface area (TPSA) is 77.2 Å². The van der Waals surface area contributed by atoms with Crippen LogP contribution in [0.3, 0.4) is 0 Å². The molecule has 0 aromatic carbocycles. The van der Waals surface area contributed by atoms with E-state index < -0.39 is 21.1 Å². The van der Waals surface area contributed by atoms with Crippen molar-refractivity contribution in [3.63, 3.8) is 0 Å². The molecular weight excluding hydrogens is 154 g/mol. The predicted molar refractivity (Wildman–Crippen MR) is 36.2 cm³/mol. The average molecular weight is 163 g/mol. The lowest BCUT2D eigenvalue weighted by Gasteiger charge is -1.95. The van der Waals surface area contributed by atoms with E-state index in [1.54, 1.807) is 0 Å². The fraction of sp³-hybridized carbons (Fsp3) is 0.800. The minimum atomic E-state index is -3.20. The zero-order valence-corrected chi connectivity index (χ0v) is 6.39. The van der Waals surface area contributed by atoms with Gasteiger partial charge in [-0.15, -0.1) is 0 Å². The van der Waals surface area contributed by atoms with Crippen LogP contribution < -0.4 is 5.73 Å². The van der Waals surface area contributed by atoms with E-state index in [1.165, 1.54) is 6.92 Å². The fourth-order valence-corrected chi connectivity index (χ4v) is 2.44. The van der Waals surface area contributed by atoms with Gasteiger partial charge in [0.2, 0.25) is 0 Å².